The summed E-state index contributed by atoms with van der Waals surface area (Å²) < 4.78 is 28.4. The Bertz CT molecular complexity index is 518. The van der Waals surface area contributed by atoms with Gasteiger partial charge in [-0.2, -0.15) is 0 Å². The van der Waals surface area contributed by atoms with E-state index in [1.54, 1.807) is 18.4 Å². The molecule has 18 heavy (non-hydrogen) atoms. The molecule has 104 valence electrons. The monoisotopic (exact) mass is 294 g/mol. The van der Waals surface area contributed by atoms with E-state index in [1.165, 1.54) is 6.20 Å². The number of halogens is 1. The molecule has 2 rings (SSSR count). The van der Waals surface area contributed by atoms with Crippen LogP contribution in [-0.4, -0.2) is 30.1 Å². The lowest BCUT2D eigenvalue weighted by Crippen LogP contribution is -2.45. The molecule has 3 N–H and O–H groups in total. The molecule has 0 bridgehead atoms. The molecule has 1 aliphatic heterocycles. The molecule has 1 aliphatic rings. The van der Waals surface area contributed by atoms with Crippen LogP contribution in [0.4, 0.5) is 0 Å². The van der Waals surface area contributed by atoms with Crippen LogP contribution in [0.25, 0.3) is 0 Å². The van der Waals surface area contributed by atoms with Crippen molar-refractivity contribution in [1.82, 2.24) is 14.3 Å². The molecule has 1 aromatic heterocycles. The van der Waals surface area contributed by atoms with Crippen LogP contribution in [0, 0.1) is 0 Å². The molecule has 1 aromatic rings. The first-order chi connectivity index (χ1) is 7.80. The highest BCUT2D eigenvalue weighted by Crippen LogP contribution is 2.19. The number of fused-ring (bicyclic) bond motifs is 1. The lowest BCUT2D eigenvalue weighted by molar-refractivity contribution is 0.494. The Balaban J connectivity index is 0.00000162. The number of aromatic nitrogens is 2. The standard InChI is InChI=1S/C10H18N4O2S.ClH/c1-10(2,11)7-13-17(15,16)9-6-12-8-4-3-5-14(8)9;/h6,13H,3-5,7,11H2,1-2H3;1H. The molecular formula is C10H19ClN4O2S. The van der Waals surface area contributed by atoms with Crippen molar-refractivity contribution in [1.29, 1.82) is 0 Å². The zero-order valence-electron chi connectivity index (χ0n) is 10.5. The number of sulfonamides is 1. The Labute approximate surface area is 113 Å². The summed E-state index contributed by atoms with van der Waals surface area (Å²) in [7, 11) is -3.50. The van der Waals surface area contributed by atoms with Crippen molar-refractivity contribution >= 4 is 22.4 Å². The number of nitrogens with two attached hydrogens (primary N) is 1. The second-order valence-corrected chi connectivity index (χ2v) is 6.79. The minimum atomic E-state index is -3.50. The van der Waals surface area contributed by atoms with Gasteiger partial charge in [0.2, 0.25) is 0 Å². The SMILES string of the molecule is CC(C)(N)CNS(=O)(=O)c1cnc2n1CCC2.Cl. The maximum Gasteiger partial charge on any atom is 0.257 e. The summed E-state index contributed by atoms with van der Waals surface area (Å²) in [5, 5.41) is 0.245. The van der Waals surface area contributed by atoms with Crippen molar-refractivity contribution in [3.8, 4) is 0 Å². The maximum atomic E-state index is 12.1. The Kier molecular flexibility index (Phi) is 4.42. The Morgan fingerprint density at radius 2 is 2.22 bits per heavy atom. The summed E-state index contributed by atoms with van der Waals surface area (Å²) in [5.41, 5.74) is 5.19. The van der Waals surface area contributed by atoms with Gasteiger partial charge in [0, 0.05) is 25.0 Å². The first-order valence-corrected chi connectivity index (χ1v) is 7.11. The molecule has 6 nitrogen and oxygen atoms in total. The average molecular weight is 295 g/mol. The smallest absolute Gasteiger partial charge is 0.257 e. The molecule has 8 heteroatoms. The fraction of sp³-hybridized carbons (Fsp3) is 0.700. The number of hydrogen-bond acceptors (Lipinski definition) is 4. The van der Waals surface area contributed by atoms with Gasteiger partial charge in [0.15, 0.2) is 5.03 Å². The zero-order valence-corrected chi connectivity index (χ0v) is 12.1. The molecular weight excluding hydrogens is 276 g/mol. The third-order valence-corrected chi connectivity index (χ3v) is 4.08. The Morgan fingerprint density at radius 1 is 1.56 bits per heavy atom. The van der Waals surface area contributed by atoms with Crippen LogP contribution in [0.5, 0.6) is 0 Å². The largest absolute Gasteiger partial charge is 0.324 e. The third-order valence-electron chi connectivity index (χ3n) is 2.68. The van der Waals surface area contributed by atoms with Gasteiger partial charge in [0.25, 0.3) is 10.0 Å². The van der Waals surface area contributed by atoms with Crippen LogP contribution in [0.1, 0.15) is 26.1 Å². The Hall–Kier alpha value is -0.630. The molecule has 0 saturated carbocycles. The molecule has 0 aliphatic carbocycles. The lowest BCUT2D eigenvalue weighted by atomic mass is 10.1. The van der Waals surface area contributed by atoms with E-state index < -0.39 is 15.6 Å². The molecule has 0 fully saturated rings. The van der Waals surface area contributed by atoms with Crippen LogP contribution in [-0.2, 0) is 23.0 Å². The first-order valence-electron chi connectivity index (χ1n) is 5.62. The molecule has 0 aromatic carbocycles. The summed E-state index contributed by atoms with van der Waals surface area (Å²) >= 11 is 0. The third kappa shape index (κ3) is 3.23. The number of hydrogen-bond donors (Lipinski definition) is 2. The van der Waals surface area contributed by atoms with Gasteiger partial charge in [0.05, 0.1) is 6.20 Å². The van der Waals surface area contributed by atoms with Crippen LogP contribution < -0.4 is 10.5 Å². The van der Waals surface area contributed by atoms with Gasteiger partial charge in [-0.3, -0.25) is 0 Å². The molecule has 2 heterocycles. The number of aryl methyl sites for hydroxylation is 1. The van der Waals surface area contributed by atoms with E-state index in [0.29, 0.717) is 0 Å². The summed E-state index contributed by atoms with van der Waals surface area (Å²) in [6, 6.07) is 0. The van der Waals surface area contributed by atoms with Gasteiger partial charge in [-0.1, -0.05) is 0 Å². The van der Waals surface area contributed by atoms with Gasteiger partial charge < -0.3 is 10.3 Å². The van der Waals surface area contributed by atoms with Gasteiger partial charge >= 0.3 is 0 Å². The normalized spacial score (nSPS) is 15.3. The van der Waals surface area contributed by atoms with Gasteiger partial charge in [-0.15, -0.1) is 12.4 Å². The van der Waals surface area contributed by atoms with E-state index in [-0.39, 0.29) is 24.0 Å². The van der Waals surface area contributed by atoms with E-state index >= 15 is 0 Å². The summed E-state index contributed by atoms with van der Waals surface area (Å²) in [6.45, 7) is 4.47. The highest BCUT2D eigenvalue weighted by Gasteiger charge is 2.26. The molecule has 0 unspecified atom stereocenters. The lowest BCUT2D eigenvalue weighted by Gasteiger charge is -2.19. The molecule has 0 radical (unpaired) electrons. The quantitative estimate of drug-likeness (QED) is 0.834. The van der Waals surface area contributed by atoms with E-state index in [9.17, 15) is 8.42 Å². The van der Waals surface area contributed by atoms with Crippen LogP contribution >= 0.6 is 12.4 Å². The van der Waals surface area contributed by atoms with Gasteiger partial charge in [-0.25, -0.2) is 18.1 Å². The highest BCUT2D eigenvalue weighted by atomic mass is 35.5. The predicted octanol–water partition coefficient (Wildman–Crippen LogP) is 0.267. The van der Waals surface area contributed by atoms with E-state index in [2.05, 4.69) is 9.71 Å². The molecule has 0 spiro atoms. The molecule has 0 saturated heterocycles. The van der Waals surface area contributed by atoms with Crippen LogP contribution in [0.2, 0.25) is 0 Å². The molecule has 0 atom stereocenters. The first kappa shape index (κ1) is 15.4. The van der Waals surface area contributed by atoms with Crippen molar-refractivity contribution in [3.05, 3.63) is 12.0 Å². The number of rotatable bonds is 4. The summed E-state index contributed by atoms with van der Waals surface area (Å²) in [4.78, 5) is 4.12. The van der Waals surface area contributed by atoms with Crippen molar-refractivity contribution in [2.24, 2.45) is 5.73 Å². The fourth-order valence-corrected chi connectivity index (χ4v) is 3.19. The van der Waals surface area contributed by atoms with E-state index in [1.807, 2.05) is 0 Å². The van der Waals surface area contributed by atoms with Gasteiger partial charge in [0.1, 0.15) is 5.82 Å². The fourth-order valence-electron chi connectivity index (χ4n) is 1.80. The number of imidazole rings is 1. The summed E-state index contributed by atoms with van der Waals surface area (Å²) in [5.74, 6) is 0.845. The zero-order chi connectivity index (χ0) is 12.7. The topological polar surface area (TPSA) is 90.0 Å². The van der Waals surface area contributed by atoms with Crippen molar-refractivity contribution < 1.29 is 8.42 Å². The van der Waals surface area contributed by atoms with Crippen molar-refractivity contribution in [2.45, 2.75) is 43.8 Å². The summed E-state index contributed by atoms with van der Waals surface area (Å²) in [6.07, 6.45) is 3.21. The second-order valence-electron chi connectivity index (χ2n) is 5.08. The van der Waals surface area contributed by atoms with Crippen molar-refractivity contribution in [2.75, 3.05) is 6.54 Å². The Morgan fingerprint density at radius 3 is 2.83 bits per heavy atom. The van der Waals surface area contributed by atoms with Crippen molar-refractivity contribution in [3.63, 3.8) is 0 Å². The van der Waals surface area contributed by atoms with E-state index in [0.717, 1.165) is 25.2 Å². The maximum absolute atomic E-state index is 12.1. The predicted molar refractivity (Wildman–Crippen MR) is 71.3 cm³/mol. The van der Waals surface area contributed by atoms with Crippen LogP contribution in [0.15, 0.2) is 11.2 Å². The number of nitrogens with one attached hydrogen (secondary N) is 1. The van der Waals surface area contributed by atoms with Crippen LogP contribution in [0.3, 0.4) is 0 Å². The minimum absolute atomic E-state index is 0. The van der Waals surface area contributed by atoms with E-state index in [4.69, 9.17) is 5.73 Å². The minimum Gasteiger partial charge on any atom is -0.324 e. The highest BCUT2D eigenvalue weighted by molar-refractivity contribution is 7.89. The second kappa shape index (κ2) is 5.16. The number of nitrogens with zero attached hydrogens (tertiary/aromatic N) is 2. The van der Waals surface area contributed by atoms with Gasteiger partial charge in [-0.05, 0) is 20.3 Å². The molecule has 0 amide bonds. The average Bonchev–Trinajstić information content (AvgIpc) is 2.73.